The SMILES string of the molecule is CSc1ccc([C@H](C)N)cc1F. The van der Waals surface area contributed by atoms with E-state index in [2.05, 4.69) is 0 Å². The minimum absolute atomic E-state index is 0.101. The molecule has 0 aromatic heterocycles. The maximum atomic E-state index is 13.1. The van der Waals surface area contributed by atoms with Gasteiger partial charge in [-0.1, -0.05) is 6.07 Å². The monoisotopic (exact) mass is 185 g/mol. The summed E-state index contributed by atoms with van der Waals surface area (Å²) in [4.78, 5) is 0.666. The van der Waals surface area contributed by atoms with Crippen LogP contribution in [0, 0.1) is 5.82 Å². The molecule has 0 saturated heterocycles. The van der Waals surface area contributed by atoms with Gasteiger partial charge >= 0.3 is 0 Å². The number of thioether (sulfide) groups is 1. The molecule has 12 heavy (non-hydrogen) atoms. The van der Waals surface area contributed by atoms with E-state index < -0.39 is 0 Å². The molecule has 1 atom stereocenters. The molecule has 0 aliphatic heterocycles. The summed E-state index contributed by atoms with van der Waals surface area (Å²) in [6.07, 6.45) is 1.85. The van der Waals surface area contributed by atoms with Crippen LogP contribution in [0.2, 0.25) is 0 Å². The average molecular weight is 185 g/mol. The van der Waals surface area contributed by atoms with Crippen molar-refractivity contribution in [3.8, 4) is 0 Å². The van der Waals surface area contributed by atoms with E-state index in [1.165, 1.54) is 17.8 Å². The van der Waals surface area contributed by atoms with Crippen molar-refractivity contribution >= 4 is 11.8 Å². The number of nitrogens with two attached hydrogens (primary N) is 1. The molecule has 0 fully saturated rings. The molecule has 0 aliphatic carbocycles. The fourth-order valence-corrected chi connectivity index (χ4v) is 1.42. The topological polar surface area (TPSA) is 26.0 Å². The second kappa shape index (κ2) is 3.92. The Balaban J connectivity index is 3.02. The summed E-state index contributed by atoms with van der Waals surface area (Å²) in [6.45, 7) is 1.84. The highest BCUT2D eigenvalue weighted by atomic mass is 32.2. The van der Waals surface area contributed by atoms with Gasteiger partial charge in [-0.25, -0.2) is 4.39 Å². The number of halogens is 1. The lowest BCUT2D eigenvalue weighted by Crippen LogP contribution is -2.05. The van der Waals surface area contributed by atoms with E-state index in [1.54, 1.807) is 6.07 Å². The van der Waals surface area contributed by atoms with E-state index in [0.717, 1.165) is 5.56 Å². The summed E-state index contributed by atoms with van der Waals surface area (Å²) in [6, 6.07) is 5.02. The summed E-state index contributed by atoms with van der Waals surface area (Å²) >= 11 is 1.40. The molecule has 0 amide bonds. The largest absolute Gasteiger partial charge is 0.324 e. The first kappa shape index (κ1) is 9.55. The highest BCUT2D eigenvalue weighted by Crippen LogP contribution is 2.21. The van der Waals surface area contributed by atoms with Crippen molar-refractivity contribution in [1.82, 2.24) is 0 Å². The third-order valence-corrected chi connectivity index (χ3v) is 2.47. The minimum atomic E-state index is -0.183. The van der Waals surface area contributed by atoms with E-state index >= 15 is 0 Å². The van der Waals surface area contributed by atoms with Gasteiger partial charge in [-0.05, 0) is 30.9 Å². The van der Waals surface area contributed by atoms with Gasteiger partial charge in [0.2, 0.25) is 0 Å². The lowest BCUT2D eigenvalue weighted by atomic mass is 10.1. The van der Waals surface area contributed by atoms with E-state index in [0.29, 0.717) is 4.90 Å². The lowest BCUT2D eigenvalue weighted by Gasteiger charge is -2.06. The molecule has 1 rings (SSSR count). The van der Waals surface area contributed by atoms with E-state index in [9.17, 15) is 4.39 Å². The summed E-state index contributed by atoms with van der Waals surface area (Å²) in [5, 5.41) is 0. The molecule has 66 valence electrons. The molecular weight excluding hydrogens is 173 g/mol. The zero-order chi connectivity index (χ0) is 9.14. The van der Waals surface area contributed by atoms with Crippen LogP contribution in [0.5, 0.6) is 0 Å². The Hall–Kier alpha value is -0.540. The molecule has 0 unspecified atom stereocenters. The van der Waals surface area contributed by atoms with Gasteiger partial charge in [0.15, 0.2) is 0 Å². The Morgan fingerprint density at radius 3 is 2.58 bits per heavy atom. The van der Waals surface area contributed by atoms with E-state index in [4.69, 9.17) is 5.73 Å². The van der Waals surface area contributed by atoms with Crippen LogP contribution >= 0.6 is 11.8 Å². The molecule has 1 nitrogen and oxygen atoms in total. The second-order valence-corrected chi connectivity index (χ2v) is 3.53. The fraction of sp³-hybridized carbons (Fsp3) is 0.333. The molecule has 0 heterocycles. The molecule has 0 radical (unpaired) electrons. The van der Waals surface area contributed by atoms with Crippen molar-refractivity contribution in [2.75, 3.05) is 6.26 Å². The van der Waals surface area contributed by atoms with Gasteiger partial charge in [0.05, 0.1) is 0 Å². The maximum absolute atomic E-state index is 13.1. The first-order valence-corrected chi connectivity index (χ1v) is 4.96. The second-order valence-electron chi connectivity index (χ2n) is 2.68. The van der Waals surface area contributed by atoms with Gasteiger partial charge in [0.25, 0.3) is 0 Å². The van der Waals surface area contributed by atoms with Crippen LogP contribution in [0.25, 0.3) is 0 Å². The number of hydrogen-bond donors (Lipinski definition) is 1. The van der Waals surface area contributed by atoms with Crippen LogP contribution in [0.3, 0.4) is 0 Å². The highest BCUT2D eigenvalue weighted by Gasteiger charge is 2.04. The third-order valence-electron chi connectivity index (χ3n) is 1.70. The molecule has 0 bridgehead atoms. The van der Waals surface area contributed by atoms with Gasteiger partial charge in [0, 0.05) is 10.9 Å². The predicted molar refractivity (Wildman–Crippen MR) is 50.8 cm³/mol. The van der Waals surface area contributed by atoms with Crippen LogP contribution in [0.1, 0.15) is 18.5 Å². The number of hydrogen-bond acceptors (Lipinski definition) is 2. The highest BCUT2D eigenvalue weighted by molar-refractivity contribution is 7.98. The third kappa shape index (κ3) is 1.99. The predicted octanol–water partition coefficient (Wildman–Crippen LogP) is 2.57. The Kier molecular flexibility index (Phi) is 3.12. The maximum Gasteiger partial charge on any atom is 0.137 e. The molecule has 0 spiro atoms. The molecule has 1 aromatic rings. The summed E-state index contributed by atoms with van der Waals surface area (Å²) < 4.78 is 13.1. The summed E-state index contributed by atoms with van der Waals surface area (Å²) in [5.41, 5.74) is 6.44. The van der Waals surface area contributed by atoms with Crippen molar-refractivity contribution in [2.45, 2.75) is 17.9 Å². The molecular formula is C9H12FNS. The first-order valence-electron chi connectivity index (χ1n) is 3.74. The lowest BCUT2D eigenvalue weighted by molar-refractivity contribution is 0.597. The van der Waals surface area contributed by atoms with Crippen molar-refractivity contribution in [1.29, 1.82) is 0 Å². The van der Waals surface area contributed by atoms with Gasteiger partial charge < -0.3 is 5.73 Å². The van der Waals surface area contributed by atoms with Gasteiger partial charge in [-0.15, -0.1) is 11.8 Å². The zero-order valence-corrected chi connectivity index (χ0v) is 7.99. The van der Waals surface area contributed by atoms with Crippen LogP contribution in [-0.2, 0) is 0 Å². The number of benzene rings is 1. The normalized spacial score (nSPS) is 13.0. The summed E-state index contributed by atoms with van der Waals surface area (Å²) in [5.74, 6) is -0.183. The average Bonchev–Trinajstić information content (AvgIpc) is 2.04. The molecule has 3 heteroatoms. The Bertz CT molecular complexity index is 273. The number of rotatable bonds is 2. The van der Waals surface area contributed by atoms with Gasteiger partial charge in [-0.2, -0.15) is 0 Å². The van der Waals surface area contributed by atoms with E-state index in [1.807, 2.05) is 19.2 Å². The molecule has 2 N–H and O–H groups in total. The van der Waals surface area contributed by atoms with Crippen LogP contribution in [0.4, 0.5) is 4.39 Å². The van der Waals surface area contributed by atoms with Crippen molar-refractivity contribution in [3.05, 3.63) is 29.6 Å². The molecule has 0 saturated carbocycles. The quantitative estimate of drug-likeness (QED) is 0.717. The zero-order valence-electron chi connectivity index (χ0n) is 7.17. The van der Waals surface area contributed by atoms with Crippen LogP contribution in [-0.4, -0.2) is 6.26 Å². The first-order chi connectivity index (χ1) is 5.65. The summed E-state index contributed by atoms with van der Waals surface area (Å²) in [7, 11) is 0. The minimum Gasteiger partial charge on any atom is -0.324 e. The van der Waals surface area contributed by atoms with Gasteiger partial charge in [0.1, 0.15) is 5.82 Å². The van der Waals surface area contributed by atoms with E-state index in [-0.39, 0.29) is 11.9 Å². The van der Waals surface area contributed by atoms with Crippen LogP contribution in [0.15, 0.2) is 23.1 Å². The fourth-order valence-electron chi connectivity index (χ4n) is 0.966. The van der Waals surface area contributed by atoms with Gasteiger partial charge in [-0.3, -0.25) is 0 Å². The standard InChI is InChI=1S/C9H12FNS/c1-6(11)7-3-4-9(12-2)8(10)5-7/h3-6H,11H2,1-2H3/t6-/m0/s1. The molecule has 0 aliphatic rings. The Morgan fingerprint density at radius 1 is 1.50 bits per heavy atom. The Morgan fingerprint density at radius 2 is 2.17 bits per heavy atom. The van der Waals surface area contributed by atoms with Crippen molar-refractivity contribution in [3.63, 3.8) is 0 Å². The van der Waals surface area contributed by atoms with Crippen molar-refractivity contribution < 1.29 is 4.39 Å². The Labute approximate surface area is 76.2 Å². The smallest absolute Gasteiger partial charge is 0.137 e. The van der Waals surface area contributed by atoms with Crippen molar-refractivity contribution in [2.24, 2.45) is 5.73 Å². The molecule has 1 aromatic carbocycles. The van der Waals surface area contributed by atoms with Crippen LogP contribution < -0.4 is 5.73 Å².